The third kappa shape index (κ3) is 3.64. The highest BCUT2D eigenvalue weighted by atomic mass is 79.9. The SMILES string of the molecule is OC(CNc1cc(F)ccc1Br)C(F)(F)F. The summed E-state index contributed by atoms with van der Waals surface area (Å²) in [6.45, 7) is -0.731. The van der Waals surface area contributed by atoms with Crippen LogP contribution in [0.5, 0.6) is 0 Å². The molecule has 0 saturated heterocycles. The maximum atomic E-state index is 12.8. The molecule has 2 nitrogen and oxygen atoms in total. The van der Waals surface area contributed by atoms with E-state index in [-0.39, 0.29) is 5.69 Å². The maximum absolute atomic E-state index is 12.8. The van der Waals surface area contributed by atoms with E-state index in [0.29, 0.717) is 4.47 Å². The van der Waals surface area contributed by atoms with E-state index in [2.05, 4.69) is 21.2 Å². The minimum Gasteiger partial charge on any atom is -0.382 e. The second-order valence-corrected chi connectivity index (χ2v) is 3.92. The Bertz CT molecular complexity index is 369. The minimum absolute atomic E-state index is 0.156. The number of rotatable bonds is 3. The van der Waals surface area contributed by atoms with Crippen LogP contribution in [0, 0.1) is 5.82 Å². The molecule has 0 aliphatic rings. The molecular formula is C9H8BrF4NO. The second kappa shape index (κ2) is 5.01. The number of halogens is 5. The average Bonchev–Trinajstić information content (AvgIpc) is 2.17. The normalized spacial score (nSPS) is 13.6. The Balaban J connectivity index is 2.64. The van der Waals surface area contributed by atoms with Crippen molar-refractivity contribution in [1.82, 2.24) is 0 Å². The molecule has 0 amide bonds. The van der Waals surface area contributed by atoms with Crippen LogP contribution in [0.4, 0.5) is 23.2 Å². The van der Waals surface area contributed by atoms with Crippen LogP contribution in [0.1, 0.15) is 0 Å². The molecule has 0 aliphatic heterocycles. The standard InChI is InChI=1S/C9H8BrF4NO/c10-6-2-1-5(11)3-7(6)15-4-8(16)9(12,13)14/h1-3,8,15-16H,4H2. The number of hydrogen-bond donors (Lipinski definition) is 2. The van der Waals surface area contributed by atoms with Crippen molar-refractivity contribution in [2.75, 3.05) is 11.9 Å². The predicted octanol–water partition coefficient (Wildman–Crippen LogP) is 2.92. The first-order chi connectivity index (χ1) is 7.30. The lowest BCUT2D eigenvalue weighted by Crippen LogP contribution is -2.35. The molecule has 0 heterocycles. The van der Waals surface area contributed by atoms with Crippen LogP contribution in [-0.2, 0) is 0 Å². The first-order valence-corrected chi connectivity index (χ1v) is 5.03. The van der Waals surface area contributed by atoms with Crippen LogP contribution in [0.15, 0.2) is 22.7 Å². The van der Waals surface area contributed by atoms with Crippen LogP contribution in [0.25, 0.3) is 0 Å². The third-order valence-electron chi connectivity index (χ3n) is 1.79. The molecule has 1 unspecified atom stereocenters. The predicted molar refractivity (Wildman–Crippen MR) is 54.7 cm³/mol. The zero-order valence-corrected chi connectivity index (χ0v) is 9.44. The van der Waals surface area contributed by atoms with Crippen LogP contribution in [0.2, 0.25) is 0 Å². The van der Waals surface area contributed by atoms with E-state index in [1.165, 1.54) is 6.07 Å². The van der Waals surface area contributed by atoms with E-state index in [0.717, 1.165) is 12.1 Å². The fourth-order valence-electron chi connectivity index (χ4n) is 0.955. The Labute approximate surface area is 97.4 Å². The molecular weight excluding hydrogens is 294 g/mol. The summed E-state index contributed by atoms with van der Waals surface area (Å²) in [6.07, 6.45) is -7.17. The number of aliphatic hydroxyl groups excluding tert-OH is 1. The largest absolute Gasteiger partial charge is 0.416 e. The molecule has 2 N–H and O–H groups in total. The van der Waals surface area contributed by atoms with Gasteiger partial charge in [0.15, 0.2) is 6.10 Å². The molecule has 0 radical (unpaired) electrons. The van der Waals surface area contributed by atoms with E-state index in [9.17, 15) is 17.6 Å². The van der Waals surface area contributed by atoms with E-state index in [1.54, 1.807) is 0 Å². The smallest absolute Gasteiger partial charge is 0.382 e. The van der Waals surface area contributed by atoms with Crippen molar-refractivity contribution in [3.8, 4) is 0 Å². The minimum atomic E-state index is -4.69. The van der Waals surface area contributed by atoms with E-state index in [4.69, 9.17) is 5.11 Å². The number of anilines is 1. The van der Waals surface area contributed by atoms with E-state index < -0.39 is 24.6 Å². The summed E-state index contributed by atoms with van der Waals surface area (Å²) in [4.78, 5) is 0. The van der Waals surface area contributed by atoms with Crippen molar-refractivity contribution in [2.45, 2.75) is 12.3 Å². The zero-order chi connectivity index (χ0) is 12.3. The van der Waals surface area contributed by atoms with Crippen molar-refractivity contribution in [3.63, 3.8) is 0 Å². The Kier molecular flexibility index (Phi) is 4.15. The lowest BCUT2D eigenvalue weighted by atomic mass is 10.3. The first-order valence-electron chi connectivity index (χ1n) is 4.24. The molecule has 0 aromatic heterocycles. The molecule has 1 aromatic rings. The van der Waals surface area contributed by atoms with Gasteiger partial charge in [-0.25, -0.2) is 4.39 Å². The quantitative estimate of drug-likeness (QED) is 0.842. The molecule has 7 heteroatoms. The summed E-state index contributed by atoms with van der Waals surface area (Å²) in [5, 5.41) is 11.0. The lowest BCUT2D eigenvalue weighted by Gasteiger charge is -2.16. The van der Waals surface area contributed by atoms with Gasteiger partial charge in [-0.05, 0) is 34.1 Å². The van der Waals surface area contributed by atoms with Gasteiger partial charge in [0.2, 0.25) is 0 Å². The topological polar surface area (TPSA) is 32.3 Å². The number of aliphatic hydroxyl groups is 1. The Hall–Kier alpha value is -0.820. The van der Waals surface area contributed by atoms with Gasteiger partial charge in [0.1, 0.15) is 5.82 Å². The molecule has 16 heavy (non-hydrogen) atoms. The fourth-order valence-corrected chi connectivity index (χ4v) is 1.34. The van der Waals surface area contributed by atoms with Crippen LogP contribution >= 0.6 is 15.9 Å². The fraction of sp³-hybridized carbons (Fsp3) is 0.333. The van der Waals surface area contributed by atoms with Crippen LogP contribution in [-0.4, -0.2) is 23.9 Å². The van der Waals surface area contributed by atoms with Crippen LogP contribution in [0.3, 0.4) is 0 Å². The van der Waals surface area contributed by atoms with Gasteiger partial charge >= 0.3 is 6.18 Å². The summed E-state index contributed by atoms with van der Waals surface area (Å²) < 4.78 is 49.0. The molecule has 0 bridgehead atoms. The molecule has 1 atom stereocenters. The van der Waals surface area contributed by atoms with Gasteiger partial charge in [0.05, 0.1) is 5.69 Å². The highest BCUT2D eigenvalue weighted by Crippen LogP contribution is 2.25. The van der Waals surface area contributed by atoms with Gasteiger partial charge in [0, 0.05) is 11.0 Å². The van der Waals surface area contributed by atoms with Crippen molar-refractivity contribution in [2.24, 2.45) is 0 Å². The summed E-state index contributed by atoms with van der Waals surface area (Å²) in [6, 6.07) is 3.56. The summed E-state index contributed by atoms with van der Waals surface area (Å²) in [5.41, 5.74) is 0.156. The summed E-state index contributed by atoms with van der Waals surface area (Å²) >= 11 is 3.04. The van der Waals surface area contributed by atoms with Crippen molar-refractivity contribution in [1.29, 1.82) is 0 Å². The van der Waals surface area contributed by atoms with Gasteiger partial charge in [0.25, 0.3) is 0 Å². The Morgan fingerprint density at radius 1 is 1.38 bits per heavy atom. The lowest BCUT2D eigenvalue weighted by molar-refractivity contribution is -0.198. The van der Waals surface area contributed by atoms with Gasteiger partial charge in [-0.3, -0.25) is 0 Å². The molecule has 0 saturated carbocycles. The number of nitrogens with one attached hydrogen (secondary N) is 1. The van der Waals surface area contributed by atoms with Gasteiger partial charge in [-0.1, -0.05) is 0 Å². The molecule has 0 fully saturated rings. The van der Waals surface area contributed by atoms with Crippen molar-refractivity contribution < 1.29 is 22.7 Å². The van der Waals surface area contributed by atoms with Crippen molar-refractivity contribution >= 4 is 21.6 Å². The Morgan fingerprint density at radius 2 is 2.00 bits per heavy atom. The number of alkyl halides is 3. The van der Waals surface area contributed by atoms with Crippen molar-refractivity contribution in [3.05, 3.63) is 28.5 Å². The number of benzene rings is 1. The summed E-state index contributed by atoms with van der Waals surface area (Å²) in [7, 11) is 0. The molecule has 1 rings (SSSR count). The molecule has 90 valence electrons. The van der Waals surface area contributed by atoms with Crippen LogP contribution < -0.4 is 5.32 Å². The van der Waals surface area contributed by atoms with Gasteiger partial charge in [-0.15, -0.1) is 0 Å². The monoisotopic (exact) mass is 301 g/mol. The third-order valence-corrected chi connectivity index (χ3v) is 2.48. The average molecular weight is 302 g/mol. The molecule has 0 spiro atoms. The molecule has 0 aliphatic carbocycles. The van der Waals surface area contributed by atoms with E-state index >= 15 is 0 Å². The number of hydrogen-bond acceptors (Lipinski definition) is 2. The highest BCUT2D eigenvalue weighted by molar-refractivity contribution is 9.10. The van der Waals surface area contributed by atoms with Gasteiger partial charge in [-0.2, -0.15) is 13.2 Å². The first kappa shape index (κ1) is 13.2. The second-order valence-electron chi connectivity index (χ2n) is 3.06. The Morgan fingerprint density at radius 3 is 2.56 bits per heavy atom. The highest BCUT2D eigenvalue weighted by Gasteiger charge is 2.37. The van der Waals surface area contributed by atoms with E-state index in [1.807, 2.05) is 0 Å². The zero-order valence-electron chi connectivity index (χ0n) is 7.85. The maximum Gasteiger partial charge on any atom is 0.416 e. The molecule has 1 aromatic carbocycles. The van der Waals surface area contributed by atoms with Gasteiger partial charge < -0.3 is 10.4 Å². The summed E-state index contributed by atoms with van der Waals surface area (Å²) in [5.74, 6) is -0.577.